The first-order valence-electron chi connectivity index (χ1n) is 7.35. The van der Waals surface area contributed by atoms with Crippen LogP contribution in [0.4, 0.5) is 5.69 Å². The zero-order valence-corrected chi connectivity index (χ0v) is 12.5. The third-order valence-corrected chi connectivity index (χ3v) is 5.43. The molecule has 0 bridgehead atoms. The van der Waals surface area contributed by atoms with Crippen LogP contribution in [0.25, 0.3) is 0 Å². The maximum Gasteiger partial charge on any atom is 0.0896 e. The fraction of sp³-hybridized carbons (Fsp3) is 0.412. The molecule has 0 radical (unpaired) electrons. The van der Waals surface area contributed by atoms with Gasteiger partial charge in [-0.1, -0.05) is 23.8 Å². The lowest BCUT2D eigenvalue weighted by molar-refractivity contribution is -0.0378. The quantitative estimate of drug-likeness (QED) is 0.820. The molecular formula is C17H19NOS. The Labute approximate surface area is 123 Å². The van der Waals surface area contributed by atoms with Crippen molar-refractivity contribution in [2.45, 2.75) is 31.9 Å². The molecule has 1 fully saturated rings. The fourth-order valence-electron chi connectivity index (χ4n) is 3.54. The Hall–Kier alpha value is -1.32. The molecule has 2 aliphatic heterocycles. The SMILES string of the molecule is Cc1ccc2c(c1)[C@H]1OCCC[C@H]1[C@H](c1cccs1)N2. The monoisotopic (exact) mass is 285 g/mol. The number of fused-ring (bicyclic) bond motifs is 3. The standard InChI is InChI=1S/C17H19NOS/c1-11-6-7-14-13(10-11)17-12(4-2-8-19-17)16(18-14)15-5-3-9-20-15/h3,5-7,9-10,12,16-18H,2,4,8H2,1H3/t12-,16+,17-/m0/s1. The summed E-state index contributed by atoms with van der Waals surface area (Å²) in [6.07, 6.45) is 2.67. The van der Waals surface area contributed by atoms with Crippen LogP contribution in [0.2, 0.25) is 0 Å². The second kappa shape index (κ2) is 4.90. The van der Waals surface area contributed by atoms with Crippen LogP contribution < -0.4 is 5.32 Å². The summed E-state index contributed by atoms with van der Waals surface area (Å²) < 4.78 is 6.16. The van der Waals surface area contributed by atoms with Crippen LogP contribution in [0, 0.1) is 12.8 Å². The maximum absolute atomic E-state index is 6.16. The molecule has 3 heteroatoms. The first-order valence-corrected chi connectivity index (χ1v) is 8.23. The van der Waals surface area contributed by atoms with Gasteiger partial charge in [0.1, 0.15) is 0 Å². The Balaban J connectivity index is 1.79. The van der Waals surface area contributed by atoms with Crippen molar-refractivity contribution in [1.29, 1.82) is 0 Å². The molecule has 3 heterocycles. The molecule has 1 aromatic heterocycles. The Bertz CT molecular complexity index is 607. The van der Waals surface area contributed by atoms with Gasteiger partial charge in [0.15, 0.2) is 0 Å². The summed E-state index contributed by atoms with van der Waals surface area (Å²) in [7, 11) is 0. The van der Waals surface area contributed by atoms with Crippen LogP contribution in [-0.2, 0) is 4.74 Å². The number of benzene rings is 1. The lowest BCUT2D eigenvalue weighted by Crippen LogP contribution is -2.35. The van der Waals surface area contributed by atoms with Gasteiger partial charge in [0, 0.05) is 28.7 Å². The molecule has 0 saturated carbocycles. The first kappa shape index (κ1) is 12.4. The van der Waals surface area contributed by atoms with Crippen molar-refractivity contribution < 1.29 is 4.74 Å². The van der Waals surface area contributed by atoms with Gasteiger partial charge < -0.3 is 10.1 Å². The predicted molar refractivity (Wildman–Crippen MR) is 83.3 cm³/mol. The molecule has 0 amide bonds. The lowest BCUT2D eigenvalue weighted by Gasteiger charge is -2.43. The van der Waals surface area contributed by atoms with Crippen LogP contribution in [0.15, 0.2) is 35.7 Å². The highest BCUT2D eigenvalue weighted by Crippen LogP contribution is 2.49. The fourth-order valence-corrected chi connectivity index (χ4v) is 4.39. The Kier molecular flexibility index (Phi) is 3.04. The number of hydrogen-bond donors (Lipinski definition) is 1. The van der Waals surface area contributed by atoms with E-state index in [9.17, 15) is 0 Å². The van der Waals surface area contributed by atoms with E-state index in [1.807, 2.05) is 11.3 Å². The number of nitrogens with one attached hydrogen (secondary N) is 1. The molecule has 20 heavy (non-hydrogen) atoms. The molecule has 4 rings (SSSR count). The Morgan fingerprint density at radius 2 is 2.25 bits per heavy atom. The third-order valence-electron chi connectivity index (χ3n) is 4.47. The number of rotatable bonds is 1. The van der Waals surface area contributed by atoms with Gasteiger partial charge in [0.05, 0.1) is 12.1 Å². The molecule has 1 N–H and O–H groups in total. The van der Waals surface area contributed by atoms with E-state index in [1.54, 1.807) is 0 Å². The molecule has 2 nitrogen and oxygen atoms in total. The number of anilines is 1. The molecule has 0 aliphatic carbocycles. The zero-order valence-electron chi connectivity index (χ0n) is 11.6. The van der Waals surface area contributed by atoms with Crippen molar-refractivity contribution in [1.82, 2.24) is 0 Å². The van der Waals surface area contributed by atoms with Gasteiger partial charge in [-0.25, -0.2) is 0 Å². The van der Waals surface area contributed by atoms with E-state index in [0.29, 0.717) is 12.0 Å². The number of aryl methyl sites for hydroxylation is 1. The van der Waals surface area contributed by atoms with E-state index >= 15 is 0 Å². The minimum absolute atomic E-state index is 0.256. The third kappa shape index (κ3) is 1.97. The summed E-state index contributed by atoms with van der Waals surface area (Å²) in [5, 5.41) is 5.92. The molecule has 0 spiro atoms. The summed E-state index contributed by atoms with van der Waals surface area (Å²) in [4.78, 5) is 1.43. The van der Waals surface area contributed by atoms with E-state index in [-0.39, 0.29) is 6.10 Å². The molecule has 1 aromatic carbocycles. The van der Waals surface area contributed by atoms with Gasteiger partial charge in [0.2, 0.25) is 0 Å². The van der Waals surface area contributed by atoms with Crippen molar-refractivity contribution in [3.63, 3.8) is 0 Å². The van der Waals surface area contributed by atoms with Crippen molar-refractivity contribution in [3.05, 3.63) is 51.7 Å². The first-order chi connectivity index (χ1) is 9.83. The van der Waals surface area contributed by atoms with Gasteiger partial charge in [-0.05, 0) is 37.3 Å². The largest absolute Gasteiger partial charge is 0.377 e. The minimum Gasteiger partial charge on any atom is -0.377 e. The average Bonchev–Trinajstić information content (AvgIpc) is 3.01. The normalized spacial score (nSPS) is 28.4. The Morgan fingerprint density at radius 3 is 3.10 bits per heavy atom. The number of ether oxygens (including phenoxy) is 1. The van der Waals surface area contributed by atoms with Crippen LogP contribution >= 0.6 is 11.3 Å². The minimum atomic E-state index is 0.256. The van der Waals surface area contributed by atoms with E-state index in [2.05, 4.69) is 48.0 Å². The summed E-state index contributed by atoms with van der Waals surface area (Å²) in [6.45, 7) is 3.05. The van der Waals surface area contributed by atoms with E-state index in [4.69, 9.17) is 4.74 Å². The van der Waals surface area contributed by atoms with Crippen LogP contribution in [0.1, 0.15) is 41.0 Å². The van der Waals surface area contributed by atoms with E-state index < -0.39 is 0 Å². The summed E-state index contributed by atoms with van der Waals surface area (Å²) >= 11 is 1.84. The molecular weight excluding hydrogens is 266 g/mol. The molecule has 0 unspecified atom stereocenters. The topological polar surface area (TPSA) is 21.3 Å². The smallest absolute Gasteiger partial charge is 0.0896 e. The van der Waals surface area contributed by atoms with Crippen molar-refractivity contribution in [3.8, 4) is 0 Å². The summed E-state index contributed by atoms with van der Waals surface area (Å²) in [5.41, 5.74) is 3.91. The summed E-state index contributed by atoms with van der Waals surface area (Å²) in [5.74, 6) is 0.552. The molecule has 104 valence electrons. The lowest BCUT2D eigenvalue weighted by atomic mass is 9.79. The number of thiophene rings is 1. The predicted octanol–water partition coefficient (Wildman–Crippen LogP) is 4.69. The summed E-state index contributed by atoms with van der Waals surface area (Å²) in [6, 6.07) is 11.5. The highest BCUT2D eigenvalue weighted by molar-refractivity contribution is 7.10. The van der Waals surface area contributed by atoms with Crippen molar-refractivity contribution in [2.24, 2.45) is 5.92 Å². The van der Waals surface area contributed by atoms with Gasteiger partial charge in [-0.2, -0.15) is 0 Å². The second-order valence-electron chi connectivity index (χ2n) is 5.83. The van der Waals surface area contributed by atoms with Gasteiger partial charge in [0.25, 0.3) is 0 Å². The molecule has 2 aliphatic rings. The number of hydrogen-bond acceptors (Lipinski definition) is 3. The van der Waals surface area contributed by atoms with Gasteiger partial charge in [-0.3, -0.25) is 0 Å². The van der Waals surface area contributed by atoms with Crippen molar-refractivity contribution >= 4 is 17.0 Å². The highest BCUT2D eigenvalue weighted by atomic mass is 32.1. The average molecular weight is 285 g/mol. The highest BCUT2D eigenvalue weighted by Gasteiger charge is 2.40. The van der Waals surface area contributed by atoms with Crippen LogP contribution in [0.5, 0.6) is 0 Å². The van der Waals surface area contributed by atoms with Crippen LogP contribution in [0.3, 0.4) is 0 Å². The van der Waals surface area contributed by atoms with Crippen molar-refractivity contribution in [2.75, 3.05) is 11.9 Å². The van der Waals surface area contributed by atoms with Gasteiger partial charge >= 0.3 is 0 Å². The van der Waals surface area contributed by atoms with Gasteiger partial charge in [-0.15, -0.1) is 11.3 Å². The maximum atomic E-state index is 6.16. The molecule has 3 atom stereocenters. The second-order valence-corrected chi connectivity index (χ2v) is 6.80. The van der Waals surface area contributed by atoms with Crippen LogP contribution in [-0.4, -0.2) is 6.61 Å². The van der Waals surface area contributed by atoms with E-state index in [1.165, 1.54) is 34.5 Å². The zero-order chi connectivity index (χ0) is 13.5. The van der Waals surface area contributed by atoms with E-state index in [0.717, 1.165) is 6.61 Å². The molecule has 1 saturated heterocycles. The Morgan fingerprint density at radius 1 is 1.30 bits per heavy atom. The molecule has 2 aromatic rings.